The second-order valence-corrected chi connectivity index (χ2v) is 7.08. The molecule has 0 bridgehead atoms. The van der Waals surface area contributed by atoms with Gasteiger partial charge in [0.05, 0.1) is 12.9 Å². The van der Waals surface area contributed by atoms with Crippen molar-refractivity contribution in [3.05, 3.63) is 48.3 Å². The van der Waals surface area contributed by atoms with Crippen molar-refractivity contribution >= 4 is 5.91 Å². The maximum atomic E-state index is 12.7. The SMILES string of the molecule is Cc1ccnn1CC(=O)N1CCC[C@@H](c2nnc(Cn3ccnc3)n2C)C1. The van der Waals surface area contributed by atoms with Gasteiger partial charge < -0.3 is 14.0 Å². The van der Waals surface area contributed by atoms with Gasteiger partial charge in [-0.2, -0.15) is 5.10 Å². The lowest BCUT2D eigenvalue weighted by Crippen LogP contribution is -2.41. The highest BCUT2D eigenvalue weighted by Crippen LogP contribution is 2.26. The number of piperidine rings is 1. The third-order valence-electron chi connectivity index (χ3n) is 5.24. The molecule has 1 aliphatic heterocycles. The first-order valence-electron chi connectivity index (χ1n) is 9.22. The van der Waals surface area contributed by atoms with E-state index in [9.17, 15) is 4.79 Å². The van der Waals surface area contributed by atoms with Crippen molar-refractivity contribution in [2.75, 3.05) is 13.1 Å². The average Bonchev–Trinajstić information content (AvgIpc) is 3.40. The van der Waals surface area contributed by atoms with Gasteiger partial charge in [0.25, 0.3) is 0 Å². The minimum absolute atomic E-state index is 0.104. The van der Waals surface area contributed by atoms with Crippen molar-refractivity contribution in [3.63, 3.8) is 0 Å². The molecule has 9 heteroatoms. The van der Waals surface area contributed by atoms with E-state index in [1.54, 1.807) is 23.4 Å². The molecule has 1 fully saturated rings. The lowest BCUT2D eigenvalue weighted by Gasteiger charge is -2.32. The molecule has 142 valence electrons. The molecule has 0 aliphatic carbocycles. The van der Waals surface area contributed by atoms with Crippen molar-refractivity contribution in [1.82, 2.24) is 39.0 Å². The van der Waals surface area contributed by atoms with E-state index in [1.165, 1.54) is 0 Å². The Labute approximate surface area is 157 Å². The van der Waals surface area contributed by atoms with Crippen molar-refractivity contribution in [2.24, 2.45) is 7.05 Å². The van der Waals surface area contributed by atoms with Gasteiger partial charge in [-0.3, -0.25) is 9.48 Å². The molecule has 0 radical (unpaired) electrons. The first kappa shape index (κ1) is 17.4. The summed E-state index contributed by atoms with van der Waals surface area (Å²) in [5, 5.41) is 13.0. The van der Waals surface area contributed by atoms with Crippen LogP contribution in [-0.2, 0) is 24.9 Å². The number of nitrogens with zero attached hydrogens (tertiary/aromatic N) is 8. The lowest BCUT2D eigenvalue weighted by atomic mass is 9.97. The molecule has 4 heterocycles. The van der Waals surface area contributed by atoms with Crippen molar-refractivity contribution in [2.45, 2.75) is 38.8 Å². The van der Waals surface area contributed by atoms with Crippen LogP contribution in [0.3, 0.4) is 0 Å². The highest BCUT2D eigenvalue weighted by molar-refractivity contribution is 5.76. The highest BCUT2D eigenvalue weighted by atomic mass is 16.2. The third-order valence-corrected chi connectivity index (χ3v) is 5.24. The molecule has 0 aromatic carbocycles. The third kappa shape index (κ3) is 3.62. The van der Waals surface area contributed by atoms with E-state index in [-0.39, 0.29) is 18.4 Å². The van der Waals surface area contributed by atoms with Crippen LogP contribution < -0.4 is 0 Å². The number of aromatic nitrogens is 7. The van der Waals surface area contributed by atoms with E-state index in [4.69, 9.17) is 0 Å². The van der Waals surface area contributed by atoms with Crippen molar-refractivity contribution in [3.8, 4) is 0 Å². The first-order chi connectivity index (χ1) is 13.1. The van der Waals surface area contributed by atoms with Crippen LogP contribution in [0.2, 0.25) is 0 Å². The molecule has 9 nitrogen and oxygen atoms in total. The Kier molecular flexibility index (Phi) is 4.74. The Morgan fingerprint density at radius 2 is 2.19 bits per heavy atom. The van der Waals surface area contributed by atoms with Crippen LogP contribution in [0.5, 0.6) is 0 Å². The van der Waals surface area contributed by atoms with E-state index < -0.39 is 0 Å². The Morgan fingerprint density at radius 3 is 2.93 bits per heavy atom. The smallest absolute Gasteiger partial charge is 0.244 e. The molecule has 27 heavy (non-hydrogen) atoms. The zero-order chi connectivity index (χ0) is 18.8. The van der Waals surface area contributed by atoms with Gasteiger partial charge >= 0.3 is 0 Å². The first-order valence-corrected chi connectivity index (χ1v) is 9.22. The topological polar surface area (TPSA) is 86.7 Å². The summed E-state index contributed by atoms with van der Waals surface area (Å²) >= 11 is 0. The fraction of sp³-hybridized carbons (Fsp3) is 0.500. The van der Waals surface area contributed by atoms with Gasteiger partial charge in [-0.05, 0) is 25.8 Å². The normalized spacial score (nSPS) is 17.4. The fourth-order valence-electron chi connectivity index (χ4n) is 3.62. The average molecular weight is 368 g/mol. The van der Waals surface area contributed by atoms with Crippen LogP contribution in [0.15, 0.2) is 31.0 Å². The summed E-state index contributed by atoms with van der Waals surface area (Å²) in [6, 6.07) is 1.91. The lowest BCUT2D eigenvalue weighted by molar-refractivity contribution is -0.133. The second-order valence-electron chi connectivity index (χ2n) is 7.08. The second kappa shape index (κ2) is 7.34. The molecule has 3 aromatic heterocycles. The van der Waals surface area contributed by atoms with Gasteiger partial charge in [0, 0.05) is 50.3 Å². The number of aryl methyl sites for hydroxylation is 1. The van der Waals surface area contributed by atoms with Gasteiger partial charge in [-0.1, -0.05) is 0 Å². The van der Waals surface area contributed by atoms with E-state index in [2.05, 4.69) is 24.8 Å². The monoisotopic (exact) mass is 368 g/mol. The van der Waals surface area contributed by atoms with Crippen molar-refractivity contribution < 1.29 is 4.79 Å². The Morgan fingerprint density at radius 1 is 1.30 bits per heavy atom. The van der Waals surface area contributed by atoms with Crippen molar-refractivity contribution in [1.29, 1.82) is 0 Å². The van der Waals surface area contributed by atoms with Crippen LogP contribution in [0, 0.1) is 6.92 Å². The summed E-state index contributed by atoms with van der Waals surface area (Å²) in [7, 11) is 2.00. The molecule has 0 unspecified atom stereocenters. The summed E-state index contributed by atoms with van der Waals surface area (Å²) in [4.78, 5) is 18.7. The van der Waals surface area contributed by atoms with E-state index in [0.717, 1.165) is 36.7 Å². The van der Waals surface area contributed by atoms with E-state index >= 15 is 0 Å². The Balaban J connectivity index is 1.44. The summed E-state index contributed by atoms with van der Waals surface area (Å²) in [5.74, 6) is 2.14. The number of hydrogen-bond donors (Lipinski definition) is 0. The largest absolute Gasteiger partial charge is 0.340 e. The number of imidazole rings is 1. The maximum Gasteiger partial charge on any atom is 0.244 e. The van der Waals surface area contributed by atoms with Gasteiger partial charge in [-0.15, -0.1) is 10.2 Å². The zero-order valence-corrected chi connectivity index (χ0v) is 15.7. The van der Waals surface area contributed by atoms with Crippen LogP contribution >= 0.6 is 0 Å². The molecule has 1 amide bonds. The van der Waals surface area contributed by atoms with E-state index in [1.807, 2.05) is 35.7 Å². The number of likely N-dealkylation sites (tertiary alicyclic amines) is 1. The molecule has 0 spiro atoms. The fourth-order valence-corrected chi connectivity index (χ4v) is 3.62. The highest BCUT2D eigenvalue weighted by Gasteiger charge is 2.28. The summed E-state index contributed by atoms with van der Waals surface area (Å²) < 4.78 is 5.77. The number of carbonyl (C=O) groups excluding carboxylic acids is 1. The number of carbonyl (C=O) groups is 1. The minimum Gasteiger partial charge on any atom is -0.340 e. The van der Waals surface area contributed by atoms with Crippen LogP contribution in [-0.4, -0.2) is 58.0 Å². The molecule has 1 atom stereocenters. The predicted molar refractivity (Wildman–Crippen MR) is 97.9 cm³/mol. The molecule has 0 saturated carbocycles. The van der Waals surface area contributed by atoms with Gasteiger partial charge in [-0.25, -0.2) is 4.98 Å². The molecule has 1 saturated heterocycles. The molecule has 0 N–H and O–H groups in total. The molecule has 4 rings (SSSR count). The van der Waals surface area contributed by atoms with E-state index in [0.29, 0.717) is 13.1 Å². The predicted octanol–water partition coefficient (Wildman–Crippen LogP) is 0.971. The summed E-state index contributed by atoms with van der Waals surface area (Å²) in [6.45, 7) is 4.35. The summed E-state index contributed by atoms with van der Waals surface area (Å²) in [6.07, 6.45) is 9.14. The van der Waals surface area contributed by atoms with Crippen LogP contribution in [0.1, 0.15) is 36.1 Å². The number of amides is 1. The van der Waals surface area contributed by atoms with Gasteiger partial charge in [0.15, 0.2) is 5.82 Å². The minimum atomic E-state index is 0.104. The van der Waals surface area contributed by atoms with Crippen LogP contribution in [0.4, 0.5) is 0 Å². The Bertz CT molecular complexity index is 910. The van der Waals surface area contributed by atoms with Gasteiger partial charge in [0.1, 0.15) is 12.4 Å². The quantitative estimate of drug-likeness (QED) is 0.670. The molecule has 3 aromatic rings. The zero-order valence-electron chi connectivity index (χ0n) is 15.7. The maximum absolute atomic E-state index is 12.7. The van der Waals surface area contributed by atoms with Crippen LogP contribution in [0.25, 0.3) is 0 Å². The van der Waals surface area contributed by atoms with Gasteiger partial charge in [0.2, 0.25) is 5.91 Å². The molecular weight excluding hydrogens is 344 g/mol. The summed E-state index contributed by atoms with van der Waals surface area (Å²) in [5.41, 5.74) is 0.995. The molecular formula is C18H24N8O. The number of rotatable bonds is 5. The number of hydrogen-bond acceptors (Lipinski definition) is 5. The standard InChI is InChI=1S/C18H24N8O/c1-14-5-6-20-26(14)12-17(27)25-8-3-4-15(10-25)18-22-21-16(23(18)2)11-24-9-7-19-13-24/h5-7,9,13,15H,3-4,8,10-12H2,1-2H3/t15-/m1/s1. The molecule has 1 aliphatic rings. The Hall–Kier alpha value is -2.97.